The van der Waals surface area contributed by atoms with Crippen molar-refractivity contribution in [2.45, 2.75) is 38.0 Å². The first-order chi connectivity index (χ1) is 8.91. The highest BCUT2D eigenvalue weighted by Gasteiger charge is 2.46. The summed E-state index contributed by atoms with van der Waals surface area (Å²) in [6.45, 7) is 2.61. The van der Waals surface area contributed by atoms with E-state index < -0.39 is 17.3 Å². The van der Waals surface area contributed by atoms with Crippen LogP contribution < -0.4 is 5.32 Å². The van der Waals surface area contributed by atoms with Crippen LogP contribution in [0.4, 0.5) is 13.2 Å². The zero-order valence-electron chi connectivity index (χ0n) is 10.5. The van der Waals surface area contributed by atoms with Gasteiger partial charge in [-0.05, 0) is 25.3 Å². The number of hydrogen-bond acceptors (Lipinski definition) is 3. The van der Waals surface area contributed by atoms with Crippen LogP contribution in [0, 0.1) is 17.2 Å². The van der Waals surface area contributed by atoms with Crippen molar-refractivity contribution in [3.05, 3.63) is 18.0 Å². The first kappa shape index (κ1) is 13.9. The topological polar surface area (TPSA) is 53.6 Å². The van der Waals surface area contributed by atoms with E-state index in [2.05, 4.69) is 16.5 Å². The summed E-state index contributed by atoms with van der Waals surface area (Å²) in [6, 6.07) is 2.22. The molecule has 0 amide bonds. The van der Waals surface area contributed by atoms with Gasteiger partial charge in [0.25, 0.3) is 0 Å². The Bertz CT molecular complexity index is 484. The van der Waals surface area contributed by atoms with E-state index >= 15 is 0 Å². The SMILES string of the molecule is CCNC(C#N)(Cn1cc(C(F)(F)F)cn1)C1CC1. The molecule has 0 spiro atoms. The van der Waals surface area contributed by atoms with Gasteiger partial charge in [-0.25, -0.2) is 0 Å². The zero-order chi connectivity index (χ0) is 14.1. The molecule has 0 bridgehead atoms. The molecule has 4 nitrogen and oxygen atoms in total. The number of nitrogens with one attached hydrogen (secondary N) is 1. The maximum Gasteiger partial charge on any atom is 0.419 e. The summed E-state index contributed by atoms with van der Waals surface area (Å²) in [5.74, 6) is 0.191. The van der Waals surface area contributed by atoms with Crippen molar-refractivity contribution in [2.24, 2.45) is 5.92 Å². The second-order valence-corrected chi connectivity index (χ2v) is 4.81. The van der Waals surface area contributed by atoms with Crippen LogP contribution in [-0.2, 0) is 12.7 Å². The Balaban J connectivity index is 2.18. The van der Waals surface area contributed by atoms with E-state index in [4.69, 9.17) is 0 Å². The minimum atomic E-state index is -4.40. The quantitative estimate of drug-likeness (QED) is 0.894. The lowest BCUT2D eigenvalue weighted by atomic mass is 9.95. The molecule has 1 aromatic rings. The van der Waals surface area contributed by atoms with Gasteiger partial charge in [-0.2, -0.15) is 23.5 Å². The van der Waals surface area contributed by atoms with Crippen LogP contribution in [0.25, 0.3) is 0 Å². The number of nitrogens with zero attached hydrogens (tertiary/aromatic N) is 3. The van der Waals surface area contributed by atoms with Crippen LogP contribution in [0.2, 0.25) is 0 Å². The van der Waals surface area contributed by atoms with Gasteiger partial charge >= 0.3 is 6.18 Å². The molecule has 0 radical (unpaired) electrons. The molecular formula is C12H15F3N4. The molecule has 1 heterocycles. The molecule has 1 N–H and O–H groups in total. The number of halogens is 3. The smallest absolute Gasteiger partial charge is 0.298 e. The van der Waals surface area contributed by atoms with Crippen molar-refractivity contribution >= 4 is 0 Å². The van der Waals surface area contributed by atoms with Gasteiger partial charge in [0, 0.05) is 6.20 Å². The van der Waals surface area contributed by atoms with Crippen LogP contribution in [0.15, 0.2) is 12.4 Å². The minimum Gasteiger partial charge on any atom is -0.298 e. The monoisotopic (exact) mass is 272 g/mol. The molecule has 2 rings (SSSR count). The van der Waals surface area contributed by atoms with Crippen LogP contribution in [0.1, 0.15) is 25.3 Å². The van der Waals surface area contributed by atoms with Crippen molar-refractivity contribution in [1.29, 1.82) is 5.26 Å². The van der Waals surface area contributed by atoms with Crippen LogP contribution in [0.5, 0.6) is 0 Å². The Morgan fingerprint density at radius 2 is 2.21 bits per heavy atom. The van der Waals surface area contributed by atoms with Gasteiger partial charge in [0.05, 0.1) is 24.4 Å². The molecule has 1 aromatic heterocycles. The van der Waals surface area contributed by atoms with E-state index in [1.54, 1.807) is 0 Å². The minimum absolute atomic E-state index is 0.137. The molecule has 1 atom stereocenters. The maximum absolute atomic E-state index is 12.5. The number of alkyl halides is 3. The van der Waals surface area contributed by atoms with E-state index in [9.17, 15) is 18.4 Å². The zero-order valence-corrected chi connectivity index (χ0v) is 10.5. The maximum atomic E-state index is 12.5. The van der Waals surface area contributed by atoms with Gasteiger partial charge < -0.3 is 0 Å². The Hall–Kier alpha value is -1.55. The van der Waals surface area contributed by atoms with Crippen molar-refractivity contribution in [1.82, 2.24) is 15.1 Å². The van der Waals surface area contributed by atoms with E-state index in [0.717, 1.165) is 25.2 Å². The van der Waals surface area contributed by atoms with E-state index in [-0.39, 0.29) is 12.5 Å². The average molecular weight is 272 g/mol. The lowest BCUT2D eigenvalue weighted by molar-refractivity contribution is -0.137. The molecule has 104 valence electrons. The largest absolute Gasteiger partial charge is 0.419 e. The summed E-state index contributed by atoms with van der Waals surface area (Å²) >= 11 is 0. The molecule has 1 aliphatic carbocycles. The molecule has 1 saturated carbocycles. The van der Waals surface area contributed by atoms with Gasteiger partial charge in [0.1, 0.15) is 5.54 Å². The first-order valence-electron chi connectivity index (χ1n) is 6.17. The van der Waals surface area contributed by atoms with Gasteiger partial charge in [-0.15, -0.1) is 0 Å². The van der Waals surface area contributed by atoms with Gasteiger partial charge in [-0.3, -0.25) is 10.00 Å². The number of likely N-dealkylation sites (N-methyl/N-ethyl adjacent to an activating group) is 1. The molecule has 0 saturated heterocycles. The first-order valence-corrected chi connectivity index (χ1v) is 6.17. The predicted molar refractivity (Wildman–Crippen MR) is 62.0 cm³/mol. The molecular weight excluding hydrogens is 257 g/mol. The highest BCUT2D eigenvalue weighted by molar-refractivity contribution is 5.16. The Kier molecular flexibility index (Phi) is 3.54. The van der Waals surface area contributed by atoms with Crippen LogP contribution in [0.3, 0.4) is 0 Å². The summed E-state index contributed by atoms with van der Waals surface area (Å²) in [7, 11) is 0. The van der Waals surface area contributed by atoms with Crippen LogP contribution in [-0.4, -0.2) is 21.9 Å². The molecule has 19 heavy (non-hydrogen) atoms. The lowest BCUT2D eigenvalue weighted by Crippen LogP contribution is -2.49. The molecule has 7 heteroatoms. The summed E-state index contributed by atoms with van der Waals surface area (Å²) in [5, 5.41) is 16.2. The van der Waals surface area contributed by atoms with Gasteiger partial charge in [0.2, 0.25) is 0 Å². The van der Waals surface area contributed by atoms with Gasteiger partial charge in [0.15, 0.2) is 0 Å². The second kappa shape index (κ2) is 4.85. The molecule has 0 aliphatic heterocycles. The highest BCUT2D eigenvalue weighted by Crippen LogP contribution is 2.40. The Morgan fingerprint density at radius 1 is 1.53 bits per heavy atom. The fourth-order valence-electron chi connectivity index (χ4n) is 2.24. The number of nitriles is 1. The molecule has 1 aliphatic rings. The fraction of sp³-hybridized carbons (Fsp3) is 0.667. The lowest BCUT2D eigenvalue weighted by Gasteiger charge is -2.27. The third-order valence-electron chi connectivity index (χ3n) is 3.34. The highest BCUT2D eigenvalue weighted by atomic mass is 19.4. The number of rotatable bonds is 5. The Morgan fingerprint density at radius 3 is 2.63 bits per heavy atom. The molecule has 1 unspecified atom stereocenters. The van der Waals surface area contributed by atoms with Gasteiger partial charge in [-0.1, -0.05) is 6.92 Å². The fourth-order valence-corrected chi connectivity index (χ4v) is 2.24. The number of hydrogen-bond donors (Lipinski definition) is 1. The van der Waals surface area contributed by atoms with Crippen LogP contribution >= 0.6 is 0 Å². The normalized spacial score (nSPS) is 18.9. The molecule has 1 fully saturated rings. The Labute approximate surface area is 109 Å². The van der Waals surface area contributed by atoms with Crippen molar-refractivity contribution < 1.29 is 13.2 Å². The standard InChI is InChI=1S/C12H15F3N4/c1-2-17-11(7-16,9-3-4-9)8-19-6-10(5-18-19)12(13,14)15/h5-6,9,17H,2-4,8H2,1H3. The predicted octanol–water partition coefficient (Wildman–Crippen LogP) is 2.18. The van der Waals surface area contributed by atoms with Crippen molar-refractivity contribution in [3.63, 3.8) is 0 Å². The van der Waals surface area contributed by atoms with Crippen molar-refractivity contribution in [2.75, 3.05) is 6.54 Å². The second-order valence-electron chi connectivity index (χ2n) is 4.81. The third-order valence-corrected chi connectivity index (χ3v) is 3.34. The summed E-state index contributed by atoms with van der Waals surface area (Å²) in [5.41, 5.74) is -1.60. The summed E-state index contributed by atoms with van der Waals surface area (Å²) in [4.78, 5) is 0. The van der Waals surface area contributed by atoms with E-state index in [0.29, 0.717) is 6.54 Å². The summed E-state index contributed by atoms with van der Waals surface area (Å²) < 4.78 is 38.7. The third kappa shape index (κ3) is 2.89. The molecule has 0 aromatic carbocycles. The van der Waals surface area contributed by atoms with E-state index in [1.165, 1.54) is 4.68 Å². The average Bonchev–Trinajstić information content (AvgIpc) is 3.08. The van der Waals surface area contributed by atoms with E-state index in [1.807, 2.05) is 6.92 Å². The van der Waals surface area contributed by atoms with Crippen molar-refractivity contribution in [3.8, 4) is 6.07 Å². The number of aromatic nitrogens is 2. The summed E-state index contributed by atoms with van der Waals surface area (Å²) in [6.07, 6.45) is -0.806.